The molecule has 0 bridgehead atoms. The van der Waals surface area contributed by atoms with Gasteiger partial charge in [-0.1, -0.05) is 40.7 Å². The lowest BCUT2D eigenvalue weighted by Gasteiger charge is -2.38. The molecule has 2 amide bonds. The summed E-state index contributed by atoms with van der Waals surface area (Å²) in [5.41, 5.74) is -0.279. The standard InChI is InChI=1S/C22H39N3O4/c1-14(2)17(12-15(3)21(28)29)25(8)20(27)18(22(4,5)6)23-19(26)16-10-9-11-24(7)13-16/h12,14,16-18H,9-11,13H2,1-8H3,(H,23,26)(H,28,29)/b15-12+. The van der Waals surface area contributed by atoms with Crippen LogP contribution in [-0.2, 0) is 14.4 Å². The average Bonchev–Trinajstić information content (AvgIpc) is 2.61. The van der Waals surface area contributed by atoms with Gasteiger partial charge in [-0.3, -0.25) is 9.59 Å². The van der Waals surface area contributed by atoms with Crippen molar-refractivity contribution < 1.29 is 19.5 Å². The Morgan fingerprint density at radius 1 is 1.24 bits per heavy atom. The number of likely N-dealkylation sites (tertiary alicyclic amines) is 1. The van der Waals surface area contributed by atoms with Crippen LogP contribution in [0.25, 0.3) is 0 Å². The summed E-state index contributed by atoms with van der Waals surface area (Å²) in [6, 6.07) is -1.06. The number of likely N-dealkylation sites (N-methyl/N-ethyl adjacent to an activating group) is 1. The molecule has 1 aliphatic heterocycles. The predicted octanol–water partition coefficient (Wildman–Crippen LogP) is 2.37. The molecule has 7 nitrogen and oxygen atoms in total. The second-order valence-corrected chi connectivity index (χ2v) is 9.75. The monoisotopic (exact) mass is 409 g/mol. The van der Waals surface area contributed by atoms with E-state index in [1.165, 1.54) is 6.92 Å². The van der Waals surface area contributed by atoms with Gasteiger partial charge in [-0.05, 0) is 44.7 Å². The van der Waals surface area contributed by atoms with Gasteiger partial charge in [0.2, 0.25) is 11.8 Å². The van der Waals surface area contributed by atoms with E-state index in [0.717, 1.165) is 19.4 Å². The maximum Gasteiger partial charge on any atom is 0.331 e. The summed E-state index contributed by atoms with van der Waals surface area (Å²) in [6.45, 7) is 12.9. The molecule has 1 rings (SSSR count). The second-order valence-electron chi connectivity index (χ2n) is 9.75. The molecule has 2 N–H and O–H groups in total. The summed E-state index contributed by atoms with van der Waals surface area (Å²) in [6.07, 6.45) is 3.41. The number of hydrogen-bond donors (Lipinski definition) is 2. The minimum absolute atomic E-state index is 0.0292. The molecule has 0 aromatic heterocycles. The quantitative estimate of drug-likeness (QED) is 0.630. The Kier molecular flexibility index (Phi) is 8.87. The highest BCUT2D eigenvalue weighted by Crippen LogP contribution is 2.25. The first-order valence-electron chi connectivity index (χ1n) is 10.4. The van der Waals surface area contributed by atoms with Gasteiger partial charge in [-0.25, -0.2) is 4.79 Å². The third-order valence-corrected chi connectivity index (χ3v) is 5.63. The van der Waals surface area contributed by atoms with E-state index in [0.29, 0.717) is 6.54 Å². The molecule has 0 aromatic rings. The lowest BCUT2D eigenvalue weighted by atomic mass is 9.84. The van der Waals surface area contributed by atoms with E-state index in [9.17, 15) is 19.5 Å². The van der Waals surface area contributed by atoms with Crippen LogP contribution in [0.2, 0.25) is 0 Å². The van der Waals surface area contributed by atoms with Crippen molar-refractivity contribution >= 4 is 17.8 Å². The van der Waals surface area contributed by atoms with Gasteiger partial charge in [0, 0.05) is 19.2 Å². The minimum atomic E-state index is -1.00. The fourth-order valence-electron chi connectivity index (χ4n) is 3.72. The number of rotatable bonds is 7. The summed E-state index contributed by atoms with van der Waals surface area (Å²) >= 11 is 0. The summed E-state index contributed by atoms with van der Waals surface area (Å²) in [5, 5.41) is 12.2. The van der Waals surface area contributed by atoms with Crippen LogP contribution >= 0.6 is 0 Å². The molecule has 3 atom stereocenters. The van der Waals surface area contributed by atoms with Crippen molar-refractivity contribution in [3.05, 3.63) is 11.6 Å². The third kappa shape index (κ3) is 7.14. The van der Waals surface area contributed by atoms with Crippen LogP contribution in [-0.4, -0.2) is 72.0 Å². The molecule has 0 saturated carbocycles. The molecule has 0 radical (unpaired) electrons. The van der Waals surface area contributed by atoms with Gasteiger partial charge in [0.05, 0.1) is 12.0 Å². The number of nitrogens with zero attached hydrogens (tertiary/aromatic N) is 2. The molecule has 1 saturated heterocycles. The van der Waals surface area contributed by atoms with E-state index in [-0.39, 0.29) is 35.3 Å². The van der Waals surface area contributed by atoms with Crippen molar-refractivity contribution in [1.82, 2.24) is 15.1 Å². The summed E-state index contributed by atoms with van der Waals surface area (Å²) in [4.78, 5) is 41.3. The number of carboxylic acids is 1. The van der Waals surface area contributed by atoms with Crippen molar-refractivity contribution in [2.45, 2.75) is 66.5 Å². The van der Waals surface area contributed by atoms with Crippen molar-refractivity contribution in [2.75, 3.05) is 27.2 Å². The van der Waals surface area contributed by atoms with E-state index in [1.807, 2.05) is 41.7 Å². The van der Waals surface area contributed by atoms with E-state index in [2.05, 4.69) is 10.2 Å². The van der Waals surface area contributed by atoms with Gasteiger partial charge < -0.3 is 20.2 Å². The highest BCUT2D eigenvalue weighted by atomic mass is 16.4. The number of piperidine rings is 1. The molecule has 1 heterocycles. The van der Waals surface area contributed by atoms with Crippen LogP contribution in [0.5, 0.6) is 0 Å². The molecular weight excluding hydrogens is 370 g/mol. The topological polar surface area (TPSA) is 90.0 Å². The zero-order valence-corrected chi connectivity index (χ0v) is 19.3. The van der Waals surface area contributed by atoms with Gasteiger partial charge >= 0.3 is 5.97 Å². The smallest absolute Gasteiger partial charge is 0.331 e. The number of aliphatic carboxylic acids is 1. The highest BCUT2D eigenvalue weighted by Gasteiger charge is 2.38. The predicted molar refractivity (Wildman–Crippen MR) is 114 cm³/mol. The third-order valence-electron chi connectivity index (χ3n) is 5.63. The normalized spacial score (nSPS) is 20.9. The number of carboxylic acid groups (broad SMARTS) is 1. The molecule has 0 aliphatic carbocycles. The number of amides is 2. The van der Waals surface area contributed by atoms with E-state index >= 15 is 0 Å². The van der Waals surface area contributed by atoms with Crippen molar-refractivity contribution in [3.8, 4) is 0 Å². The van der Waals surface area contributed by atoms with Crippen LogP contribution < -0.4 is 5.32 Å². The fourth-order valence-corrected chi connectivity index (χ4v) is 3.72. The minimum Gasteiger partial charge on any atom is -0.478 e. The van der Waals surface area contributed by atoms with Crippen molar-refractivity contribution in [3.63, 3.8) is 0 Å². The second kappa shape index (κ2) is 10.2. The molecular formula is C22H39N3O4. The zero-order chi connectivity index (χ0) is 22.5. The Balaban J connectivity index is 3.07. The number of hydrogen-bond acceptors (Lipinski definition) is 4. The van der Waals surface area contributed by atoms with Gasteiger partial charge in [-0.2, -0.15) is 0 Å². The first kappa shape index (κ1) is 25.1. The fraction of sp³-hybridized carbons (Fsp3) is 0.773. The zero-order valence-electron chi connectivity index (χ0n) is 19.3. The van der Waals surface area contributed by atoms with E-state index < -0.39 is 17.4 Å². The van der Waals surface area contributed by atoms with Crippen LogP contribution in [0.4, 0.5) is 0 Å². The molecule has 0 aromatic carbocycles. The number of carbonyl (C=O) groups excluding carboxylic acids is 2. The summed E-state index contributed by atoms with van der Waals surface area (Å²) in [7, 11) is 3.68. The van der Waals surface area contributed by atoms with Crippen LogP contribution in [0.3, 0.4) is 0 Å². The Labute approximate surface area is 175 Å². The Morgan fingerprint density at radius 3 is 2.28 bits per heavy atom. The van der Waals surface area contributed by atoms with Gasteiger partial charge in [-0.15, -0.1) is 0 Å². The number of carbonyl (C=O) groups is 3. The molecule has 29 heavy (non-hydrogen) atoms. The molecule has 3 unspecified atom stereocenters. The Morgan fingerprint density at radius 2 is 1.83 bits per heavy atom. The SMILES string of the molecule is C/C(=C\C(C(C)C)N(C)C(=O)C(NC(=O)C1CCCN(C)C1)C(C)(C)C)C(=O)O. The van der Waals surface area contributed by atoms with Gasteiger partial charge in [0.25, 0.3) is 0 Å². The van der Waals surface area contributed by atoms with Crippen molar-refractivity contribution in [2.24, 2.45) is 17.3 Å². The maximum atomic E-state index is 13.4. The molecule has 7 heteroatoms. The lowest BCUT2D eigenvalue weighted by Crippen LogP contribution is -2.58. The highest BCUT2D eigenvalue weighted by molar-refractivity contribution is 5.90. The lowest BCUT2D eigenvalue weighted by molar-refractivity contribution is -0.141. The molecule has 1 aliphatic rings. The summed E-state index contributed by atoms with van der Waals surface area (Å²) in [5.74, 6) is -1.38. The largest absolute Gasteiger partial charge is 0.478 e. The maximum absolute atomic E-state index is 13.4. The first-order chi connectivity index (χ1) is 13.3. The van der Waals surface area contributed by atoms with Gasteiger partial charge in [0.1, 0.15) is 6.04 Å². The van der Waals surface area contributed by atoms with Crippen molar-refractivity contribution in [1.29, 1.82) is 0 Å². The van der Waals surface area contributed by atoms with Crippen LogP contribution in [0, 0.1) is 17.3 Å². The van der Waals surface area contributed by atoms with Crippen LogP contribution in [0.1, 0.15) is 54.4 Å². The molecule has 1 fully saturated rings. The number of nitrogens with one attached hydrogen (secondary N) is 1. The molecule has 0 spiro atoms. The average molecular weight is 410 g/mol. The van der Waals surface area contributed by atoms with Gasteiger partial charge in [0.15, 0.2) is 0 Å². The first-order valence-corrected chi connectivity index (χ1v) is 10.4. The molecule has 166 valence electrons. The van der Waals surface area contributed by atoms with E-state index in [1.54, 1.807) is 18.0 Å². The Bertz CT molecular complexity index is 636. The Hall–Kier alpha value is -1.89. The van der Waals surface area contributed by atoms with Crippen LogP contribution in [0.15, 0.2) is 11.6 Å². The van der Waals surface area contributed by atoms with E-state index in [4.69, 9.17) is 0 Å². The summed E-state index contributed by atoms with van der Waals surface area (Å²) < 4.78 is 0.